The van der Waals surface area contributed by atoms with E-state index in [0.29, 0.717) is 29.5 Å². The number of pyridine rings is 1. The van der Waals surface area contributed by atoms with Gasteiger partial charge in [0.15, 0.2) is 0 Å². The lowest BCUT2D eigenvalue weighted by Crippen LogP contribution is -2.36. The van der Waals surface area contributed by atoms with Crippen LogP contribution in [-0.2, 0) is 0 Å². The molecular formula is C32H31N3O4. The maximum atomic E-state index is 12.8. The summed E-state index contributed by atoms with van der Waals surface area (Å²) in [7, 11) is 0. The Labute approximate surface area is 228 Å². The van der Waals surface area contributed by atoms with Crippen molar-refractivity contribution in [3.63, 3.8) is 0 Å². The molecule has 5 rings (SSSR count). The quantitative estimate of drug-likeness (QED) is 0.283. The number of rotatable bonds is 8. The number of aromatic carboxylic acids is 1. The molecule has 1 fully saturated rings. The summed E-state index contributed by atoms with van der Waals surface area (Å²) in [5.74, 6) is 0.725. The molecule has 1 amide bonds. The van der Waals surface area contributed by atoms with Gasteiger partial charge in [-0.15, -0.1) is 0 Å². The molecule has 2 N–H and O–H groups in total. The zero-order valence-electron chi connectivity index (χ0n) is 21.8. The smallest absolute Gasteiger partial charge is 0.335 e. The number of carbonyl (C=O) groups excluding carboxylic acids is 1. The molecule has 0 radical (unpaired) electrons. The van der Waals surface area contributed by atoms with E-state index in [9.17, 15) is 9.59 Å². The fourth-order valence-electron chi connectivity index (χ4n) is 4.81. The third kappa shape index (κ3) is 6.44. The van der Waals surface area contributed by atoms with Crippen molar-refractivity contribution in [2.24, 2.45) is 5.92 Å². The Balaban J connectivity index is 1.11. The van der Waals surface area contributed by atoms with Crippen molar-refractivity contribution in [2.45, 2.75) is 19.8 Å². The van der Waals surface area contributed by atoms with Gasteiger partial charge in [-0.2, -0.15) is 0 Å². The first-order valence-electron chi connectivity index (χ1n) is 13.1. The first kappa shape index (κ1) is 26.0. The summed E-state index contributed by atoms with van der Waals surface area (Å²) in [6.45, 7) is 4.35. The molecule has 39 heavy (non-hydrogen) atoms. The molecule has 2 heterocycles. The number of carboxylic acids is 1. The summed E-state index contributed by atoms with van der Waals surface area (Å²) in [5, 5.41) is 12.1. The van der Waals surface area contributed by atoms with Gasteiger partial charge in [-0.05, 0) is 84.8 Å². The first-order valence-corrected chi connectivity index (χ1v) is 13.1. The van der Waals surface area contributed by atoms with Crippen LogP contribution in [0.5, 0.6) is 5.75 Å². The van der Waals surface area contributed by atoms with Crippen LogP contribution in [0.3, 0.4) is 0 Å². The van der Waals surface area contributed by atoms with E-state index in [1.54, 1.807) is 30.5 Å². The second-order valence-electron chi connectivity index (χ2n) is 9.83. The van der Waals surface area contributed by atoms with Crippen LogP contribution >= 0.6 is 0 Å². The Hall–Kier alpha value is -4.65. The van der Waals surface area contributed by atoms with E-state index in [1.807, 2.05) is 48.5 Å². The second-order valence-corrected chi connectivity index (χ2v) is 9.83. The molecule has 1 aliphatic rings. The molecule has 198 valence electrons. The molecule has 0 bridgehead atoms. The van der Waals surface area contributed by atoms with Crippen molar-refractivity contribution in [1.82, 2.24) is 4.98 Å². The minimum Gasteiger partial charge on any atom is -0.493 e. The maximum absolute atomic E-state index is 12.8. The Morgan fingerprint density at radius 3 is 2.41 bits per heavy atom. The van der Waals surface area contributed by atoms with Gasteiger partial charge in [0.1, 0.15) is 11.6 Å². The van der Waals surface area contributed by atoms with Gasteiger partial charge in [0.25, 0.3) is 5.91 Å². The minimum atomic E-state index is -0.959. The van der Waals surface area contributed by atoms with Crippen molar-refractivity contribution >= 4 is 23.4 Å². The Bertz CT molecular complexity index is 1440. The van der Waals surface area contributed by atoms with Gasteiger partial charge in [-0.25, -0.2) is 9.78 Å². The molecule has 7 heteroatoms. The number of nitrogens with zero attached hydrogens (tertiary/aromatic N) is 2. The van der Waals surface area contributed by atoms with E-state index in [4.69, 9.17) is 9.84 Å². The highest BCUT2D eigenvalue weighted by Gasteiger charge is 2.21. The van der Waals surface area contributed by atoms with Gasteiger partial charge < -0.3 is 20.1 Å². The average molecular weight is 522 g/mol. The number of nitrogens with one attached hydrogen (secondary N) is 1. The first-order chi connectivity index (χ1) is 19.0. The third-order valence-electron chi connectivity index (χ3n) is 7.11. The molecule has 1 saturated heterocycles. The van der Waals surface area contributed by atoms with Crippen LogP contribution in [0, 0.1) is 12.8 Å². The summed E-state index contributed by atoms with van der Waals surface area (Å²) in [6.07, 6.45) is 3.61. The van der Waals surface area contributed by atoms with Gasteiger partial charge in [0.2, 0.25) is 0 Å². The monoisotopic (exact) mass is 521 g/mol. The van der Waals surface area contributed by atoms with Crippen LogP contribution in [0.2, 0.25) is 0 Å². The maximum Gasteiger partial charge on any atom is 0.335 e. The van der Waals surface area contributed by atoms with E-state index >= 15 is 0 Å². The summed E-state index contributed by atoms with van der Waals surface area (Å²) in [6, 6.07) is 26.2. The topological polar surface area (TPSA) is 91.8 Å². The molecule has 1 aliphatic heterocycles. The van der Waals surface area contributed by atoms with Crippen LogP contribution < -0.4 is 15.0 Å². The van der Waals surface area contributed by atoms with E-state index < -0.39 is 5.97 Å². The van der Waals surface area contributed by atoms with E-state index in [-0.39, 0.29) is 11.5 Å². The average Bonchev–Trinajstić information content (AvgIpc) is 2.97. The third-order valence-corrected chi connectivity index (χ3v) is 7.11. The van der Waals surface area contributed by atoms with Crippen molar-refractivity contribution < 1.29 is 19.4 Å². The number of carboxylic acid groups (broad SMARTS) is 1. The number of hydrogen-bond donors (Lipinski definition) is 2. The molecule has 0 unspecified atom stereocenters. The molecule has 0 saturated carbocycles. The van der Waals surface area contributed by atoms with Crippen molar-refractivity contribution in [1.29, 1.82) is 0 Å². The van der Waals surface area contributed by atoms with Crippen molar-refractivity contribution in [2.75, 3.05) is 29.9 Å². The molecule has 7 nitrogen and oxygen atoms in total. The summed E-state index contributed by atoms with van der Waals surface area (Å²) >= 11 is 0. The summed E-state index contributed by atoms with van der Waals surface area (Å²) in [4.78, 5) is 30.7. The Morgan fingerprint density at radius 1 is 0.949 bits per heavy atom. The van der Waals surface area contributed by atoms with Gasteiger partial charge in [0, 0.05) is 18.7 Å². The normalized spacial score (nSPS) is 13.6. The lowest BCUT2D eigenvalue weighted by atomic mass is 9.98. The largest absolute Gasteiger partial charge is 0.493 e. The van der Waals surface area contributed by atoms with E-state index in [0.717, 1.165) is 42.9 Å². The van der Waals surface area contributed by atoms with Gasteiger partial charge >= 0.3 is 5.97 Å². The van der Waals surface area contributed by atoms with Crippen LogP contribution in [0.4, 0.5) is 11.5 Å². The number of ether oxygens (including phenoxy) is 1. The molecule has 3 aromatic carbocycles. The van der Waals surface area contributed by atoms with Crippen LogP contribution in [0.1, 0.15) is 39.1 Å². The lowest BCUT2D eigenvalue weighted by molar-refractivity contribution is 0.0696. The fourth-order valence-corrected chi connectivity index (χ4v) is 4.81. The van der Waals surface area contributed by atoms with Gasteiger partial charge in [-0.3, -0.25) is 4.79 Å². The second kappa shape index (κ2) is 11.8. The zero-order chi connectivity index (χ0) is 27.2. The van der Waals surface area contributed by atoms with Gasteiger partial charge in [0.05, 0.1) is 24.1 Å². The number of carbonyl (C=O) groups is 2. The minimum absolute atomic E-state index is 0.171. The predicted octanol–water partition coefficient (Wildman–Crippen LogP) is 6.30. The number of benzene rings is 3. The zero-order valence-corrected chi connectivity index (χ0v) is 21.8. The standard InChI is InChI=1S/C32H31N3O4/c1-22-5-2-3-8-29(22)24-9-11-25(12-10-24)31(36)34-27-13-14-30(33-20-27)35-17-15-23(16-18-35)21-39-28-7-4-6-26(19-28)32(37)38/h2-14,19-20,23H,15-18,21H2,1H3,(H,34,36)(H,37,38). The molecule has 0 aliphatic carbocycles. The number of piperidine rings is 1. The highest BCUT2D eigenvalue weighted by atomic mass is 16.5. The predicted molar refractivity (Wildman–Crippen MR) is 153 cm³/mol. The van der Waals surface area contributed by atoms with E-state index in [1.165, 1.54) is 5.56 Å². The highest BCUT2D eigenvalue weighted by Crippen LogP contribution is 2.25. The molecular weight excluding hydrogens is 490 g/mol. The van der Waals surface area contributed by atoms with Crippen molar-refractivity contribution in [3.8, 4) is 16.9 Å². The number of aromatic nitrogens is 1. The molecule has 1 aromatic heterocycles. The van der Waals surface area contributed by atoms with Crippen LogP contribution in [0.25, 0.3) is 11.1 Å². The molecule has 0 atom stereocenters. The highest BCUT2D eigenvalue weighted by molar-refractivity contribution is 6.04. The number of hydrogen-bond acceptors (Lipinski definition) is 5. The Kier molecular flexibility index (Phi) is 7.87. The SMILES string of the molecule is Cc1ccccc1-c1ccc(C(=O)Nc2ccc(N3CCC(COc4cccc(C(=O)O)c4)CC3)nc2)cc1. The molecule has 4 aromatic rings. The van der Waals surface area contributed by atoms with Crippen molar-refractivity contribution in [3.05, 3.63) is 108 Å². The lowest BCUT2D eigenvalue weighted by Gasteiger charge is -2.32. The number of amides is 1. The number of anilines is 2. The summed E-state index contributed by atoms with van der Waals surface area (Å²) in [5.41, 5.74) is 4.91. The molecule has 0 spiro atoms. The Morgan fingerprint density at radius 2 is 1.72 bits per heavy atom. The van der Waals surface area contributed by atoms with Crippen LogP contribution in [-0.4, -0.2) is 41.7 Å². The summed E-state index contributed by atoms with van der Waals surface area (Å²) < 4.78 is 5.86. The number of aryl methyl sites for hydroxylation is 1. The van der Waals surface area contributed by atoms with E-state index in [2.05, 4.69) is 34.3 Å². The fraction of sp³-hybridized carbons (Fsp3) is 0.219. The van der Waals surface area contributed by atoms with Crippen LogP contribution in [0.15, 0.2) is 91.1 Å². The van der Waals surface area contributed by atoms with Gasteiger partial charge in [-0.1, -0.05) is 42.5 Å².